The Kier molecular flexibility index (Phi) is 5.10. The van der Waals surface area contributed by atoms with Gasteiger partial charge in [0.2, 0.25) is 0 Å². The molecule has 1 aromatic rings. The van der Waals surface area contributed by atoms with E-state index in [1.807, 2.05) is 0 Å². The van der Waals surface area contributed by atoms with Crippen molar-refractivity contribution in [3.05, 3.63) is 46.5 Å². The Bertz CT molecular complexity index is 327. The zero-order valence-electron chi connectivity index (χ0n) is 9.81. The average molecular weight is 267 g/mol. The molecule has 0 aliphatic heterocycles. The summed E-state index contributed by atoms with van der Waals surface area (Å²) in [5.41, 5.74) is 5.66. The lowest BCUT2D eigenvalue weighted by Crippen LogP contribution is -1.93. The van der Waals surface area contributed by atoms with Crippen LogP contribution < -0.4 is 0 Å². The lowest BCUT2D eigenvalue weighted by molar-refractivity contribution is 1.13. The molecule has 0 atom stereocenters. The number of halogens is 1. The highest BCUT2D eigenvalue weighted by molar-refractivity contribution is 9.09. The van der Waals surface area contributed by atoms with Gasteiger partial charge in [-0.3, -0.25) is 0 Å². The van der Waals surface area contributed by atoms with Crippen molar-refractivity contribution in [1.82, 2.24) is 0 Å². The molecule has 0 N–H and O–H groups in total. The van der Waals surface area contributed by atoms with Crippen LogP contribution in [-0.4, -0.2) is 5.33 Å². The van der Waals surface area contributed by atoms with Gasteiger partial charge < -0.3 is 0 Å². The van der Waals surface area contributed by atoms with Crippen LogP contribution >= 0.6 is 15.9 Å². The molecule has 1 rings (SSSR count). The molecule has 0 fully saturated rings. The van der Waals surface area contributed by atoms with Crippen LogP contribution in [0.5, 0.6) is 0 Å². The van der Waals surface area contributed by atoms with Gasteiger partial charge in [0.15, 0.2) is 0 Å². The molecular formula is C14H19Br. The smallest absolute Gasteiger partial charge is 0.00659 e. The van der Waals surface area contributed by atoms with Crippen molar-refractivity contribution in [1.29, 1.82) is 0 Å². The summed E-state index contributed by atoms with van der Waals surface area (Å²) in [6, 6.07) is 4.53. The quantitative estimate of drug-likeness (QED) is 0.556. The molecule has 15 heavy (non-hydrogen) atoms. The van der Waals surface area contributed by atoms with Gasteiger partial charge in [0, 0.05) is 5.33 Å². The van der Waals surface area contributed by atoms with Crippen molar-refractivity contribution in [3.63, 3.8) is 0 Å². The van der Waals surface area contributed by atoms with E-state index < -0.39 is 0 Å². The third kappa shape index (κ3) is 3.83. The van der Waals surface area contributed by atoms with Crippen molar-refractivity contribution >= 4 is 15.9 Å². The number of alkyl halides is 1. The Hall–Kier alpha value is -0.560. The first-order valence-corrected chi connectivity index (χ1v) is 6.55. The molecule has 0 aromatic heterocycles. The molecule has 1 heteroatoms. The molecular weight excluding hydrogens is 248 g/mol. The van der Waals surface area contributed by atoms with Gasteiger partial charge in [-0.15, -0.1) is 0 Å². The highest BCUT2D eigenvalue weighted by Gasteiger charge is 2.01. The van der Waals surface area contributed by atoms with Crippen LogP contribution in [0.2, 0.25) is 0 Å². The number of hydrogen-bond donors (Lipinski definition) is 0. The van der Waals surface area contributed by atoms with Gasteiger partial charge in [0.05, 0.1) is 0 Å². The maximum absolute atomic E-state index is 3.42. The predicted molar refractivity (Wildman–Crippen MR) is 71.9 cm³/mol. The van der Waals surface area contributed by atoms with E-state index in [-0.39, 0.29) is 0 Å². The Morgan fingerprint density at radius 2 is 1.67 bits per heavy atom. The van der Waals surface area contributed by atoms with Crippen LogP contribution in [0, 0.1) is 20.8 Å². The van der Waals surface area contributed by atoms with Crippen molar-refractivity contribution in [3.8, 4) is 0 Å². The number of allylic oxidation sites excluding steroid dienone is 2. The number of rotatable bonds is 4. The van der Waals surface area contributed by atoms with E-state index in [9.17, 15) is 0 Å². The van der Waals surface area contributed by atoms with Crippen LogP contribution in [-0.2, 0) is 6.42 Å². The molecule has 0 saturated carbocycles. The third-order valence-corrected chi connectivity index (χ3v) is 3.06. The van der Waals surface area contributed by atoms with Gasteiger partial charge in [0.1, 0.15) is 0 Å². The van der Waals surface area contributed by atoms with Gasteiger partial charge in [0.25, 0.3) is 0 Å². The lowest BCUT2D eigenvalue weighted by Gasteiger charge is -2.08. The van der Waals surface area contributed by atoms with E-state index in [0.29, 0.717) is 0 Å². The second-order valence-corrected chi connectivity index (χ2v) is 4.82. The van der Waals surface area contributed by atoms with Crippen LogP contribution in [0.15, 0.2) is 24.3 Å². The number of aryl methyl sites for hydroxylation is 3. The zero-order valence-corrected chi connectivity index (χ0v) is 11.4. The fourth-order valence-corrected chi connectivity index (χ4v) is 2.18. The molecule has 0 unspecified atom stereocenters. The Labute approximate surface area is 102 Å². The van der Waals surface area contributed by atoms with E-state index in [0.717, 1.165) is 18.2 Å². The third-order valence-electron chi connectivity index (χ3n) is 2.60. The minimum Gasteiger partial charge on any atom is -0.0925 e. The molecule has 0 amide bonds. The monoisotopic (exact) mass is 266 g/mol. The standard InChI is InChI=1S/C14H19Br/c1-11-9-12(2)14(13(3)10-11)7-5-4-6-8-15/h4-5,9-10H,6-8H2,1-3H3. The van der Waals surface area contributed by atoms with Gasteiger partial charge in [-0.25, -0.2) is 0 Å². The first-order valence-electron chi connectivity index (χ1n) is 5.43. The molecule has 0 nitrogen and oxygen atoms in total. The molecule has 0 spiro atoms. The van der Waals surface area contributed by atoms with Gasteiger partial charge in [-0.1, -0.05) is 45.8 Å². The summed E-state index contributed by atoms with van der Waals surface area (Å²) in [5, 5.41) is 1.05. The first kappa shape index (κ1) is 12.5. The fraction of sp³-hybridized carbons (Fsp3) is 0.429. The van der Waals surface area contributed by atoms with E-state index in [2.05, 4.69) is 61.0 Å². The van der Waals surface area contributed by atoms with E-state index in [1.165, 1.54) is 22.3 Å². The van der Waals surface area contributed by atoms with Crippen molar-refractivity contribution < 1.29 is 0 Å². The molecule has 0 aliphatic carbocycles. The summed E-state index contributed by atoms with van der Waals surface area (Å²) in [4.78, 5) is 0. The van der Waals surface area contributed by atoms with Crippen LogP contribution in [0.25, 0.3) is 0 Å². The highest BCUT2D eigenvalue weighted by atomic mass is 79.9. The summed E-state index contributed by atoms with van der Waals surface area (Å²) in [7, 11) is 0. The molecule has 0 aliphatic rings. The van der Waals surface area contributed by atoms with Crippen LogP contribution in [0.4, 0.5) is 0 Å². The van der Waals surface area contributed by atoms with Gasteiger partial charge in [-0.2, -0.15) is 0 Å². The summed E-state index contributed by atoms with van der Waals surface area (Å²) < 4.78 is 0. The maximum atomic E-state index is 3.42. The first-order chi connectivity index (χ1) is 7.15. The largest absolute Gasteiger partial charge is 0.0925 e. The minimum absolute atomic E-state index is 1.05. The summed E-state index contributed by atoms with van der Waals surface area (Å²) in [5.74, 6) is 0. The number of benzene rings is 1. The summed E-state index contributed by atoms with van der Waals surface area (Å²) in [6.45, 7) is 6.56. The van der Waals surface area contributed by atoms with E-state index >= 15 is 0 Å². The Morgan fingerprint density at radius 1 is 1.07 bits per heavy atom. The van der Waals surface area contributed by atoms with Crippen LogP contribution in [0.1, 0.15) is 28.7 Å². The van der Waals surface area contributed by atoms with Crippen molar-refractivity contribution in [2.24, 2.45) is 0 Å². The summed E-state index contributed by atoms with van der Waals surface area (Å²) in [6.07, 6.45) is 6.69. The van der Waals surface area contributed by atoms with E-state index in [4.69, 9.17) is 0 Å². The Balaban J connectivity index is 2.77. The topological polar surface area (TPSA) is 0 Å². The zero-order chi connectivity index (χ0) is 11.3. The molecule has 0 heterocycles. The van der Waals surface area contributed by atoms with Crippen LogP contribution in [0.3, 0.4) is 0 Å². The van der Waals surface area contributed by atoms with E-state index in [1.54, 1.807) is 0 Å². The summed E-state index contributed by atoms with van der Waals surface area (Å²) >= 11 is 3.42. The Morgan fingerprint density at radius 3 is 2.20 bits per heavy atom. The highest BCUT2D eigenvalue weighted by Crippen LogP contribution is 2.17. The molecule has 82 valence electrons. The van der Waals surface area contributed by atoms with Crippen molar-refractivity contribution in [2.75, 3.05) is 5.33 Å². The SMILES string of the molecule is Cc1cc(C)c(CC=CCCBr)c(C)c1. The normalized spacial score (nSPS) is 11.2. The predicted octanol–water partition coefficient (Wildman–Crippen LogP) is 4.50. The second-order valence-electron chi connectivity index (χ2n) is 4.03. The minimum atomic E-state index is 1.05. The van der Waals surface area contributed by atoms with Gasteiger partial charge in [-0.05, 0) is 50.3 Å². The average Bonchev–Trinajstić information content (AvgIpc) is 2.15. The molecule has 0 saturated heterocycles. The number of hydrogen-bond acceptors (Lipinski definition) is 0. The maximum Gasteiger partial charge on any atom is 0.00659 e. The lowest BCUT2D eigenvalue weighted by atomic mass is 9.97. The molecule has 0 radical (unpaired) electrons. The van der Waals surface area contributed by atoms with Gasteiger partial charge >= 0.3 is 0 Å². The van der Waals surface area contributed by atoms with Crippen molar-refractivity contribution in [2.45, 2.75) is 33.6 Å². The molecule has 0 bridgehead atoms. The fourth-order valence-electron chi connectivity index (χ4n) is 1.91. The molecule has 1 aromatic carbocycles. The second kappa shape index (κ2) is 6.12.